The molecule has 2 aliphatic heterocycles. The zero-order valence-electron chi connectivity index (χ0n) is 16.0. The topological polar surface area (TPSA) is 147 Å². The number of hydrogen-bond acceptors (Lipinski definition) is 11. The van der Waals surface area contributed by atoms with Crippen molar-refractivity contribution in [1.82, 2.24) is 9.55 Å². The summed E-state index contributed by atoms with van der Waals surface area (Å²) >= 11 is 0. The summed E-state index contributed by atoms with van der Waals surface area (Å²) in [5.41, 5.74) is 1.01. The van der Waals surface area contributed by atoms with E-state index in [4.69, 9.17) is 28.9 Å². The van der Waals surface area contributed by atoms with E-state index in [-0.39, 0.29) is 24.9 Å². The predicted octanol–water partition coefficient (Wildman–Crippen LogP) is 1.44. The fraction of sp³-hybridized carbons (Fsp3) is 0.647. The molecule has 0 saturated carbocycles. The SMILES string of the molecule is CCC(CC)COC(=O)OC[C@H]1O[C@@H](n2ccc(NO)nc2=O)[C@@H]2OC(=O)O[C@@H]21. The molecule has 2 saturated heterocycles. The molecule has 3 rings (SSSR count). The van der Waals surface area contributed by atoms with Crippen LogP contribution in [0.4, 0.5) is 15.4 Å². The average molecular weight is 413 g/mol. The number of rotatable bonds is 8. The largest absolute Gasteiger partial charge is 0.509 e. The summed E-state index contributed by atoms with van der Waals surface area (Å²) in [6.07, 6.45) is -2.40. The molecule has 0 bridgehead atoms. The summed E-state index contributed by atoms with van der Waals surface area (Å²) in [5, 5.41) is 8.84. The minimum atomic E-state index is -1.03. The zero-order chi connectivity index (χ0) is 21.0. The second-order valence-corrected chi connectivity index (χ2v) is 6.65. The van der Waals surface area contributed by atoms with Crippen molar-refractivity contribution in [3.63, 3.8) is 0 Å². The highest BCUT2D eigenvalue weighted by Crippen LogP contribution is 2.37. The van der Waals surface area contributed by atoms with Crippen molar-refractivity contribution in [3.05, 3.63) is 22.7 Å². The van der Waals surface area contributed by atoms with Crippen LogP contribution in [-0.2, 0) is 23.7 Å². The quantitative estimate of drug-likeness (QED) is 0.471. The number of aromatic nitrogens is 2. The Morgan fingerprint density at radius 1 is 1.28 bits per heavy atom. The van der Waals surface area contributed by atoms with Gasteiger partial charge in [0.05, 0.1) is 6.61 Å². The molecule has 1 aromatic heterocycles. The molecule has 12 nitrogen and oxygen atoms in total. The third kappa shape index (κ3) is 4.59. The molecule has 1 aromatic rings. The molecule has 2 N–H and O–H groups in total. The summed E-state index contributed by atoms with van der Waals surface area (Å²) in [5.74, 6) is 0.194. The van der Waals surface area contributed by atoms with Crippen molar-refractivity contribution in [1.29, 1.82) is 0 Å². The van der Waals surface area contributed by atoms with E-state index in [0.29, 0.717) is 0 Å². The molecule has 0 amide bonds. The summed E-state index contributed by atoms with van der Waals surface area (Å²) in [4.78, 5) is 39.2. The number of fused-ring (bicyclic) bond motifs is 1. The van der Waals surface area contributed by atoms with Gasteiger partial charge in [0.2, 0.25) is 0 Å². The lowest BCUT2D eigenvalue weighted by atomic mass is 10.1. The lowest BCUT2D eigenvalue weighted by Gasteiger charge is -2.18. The number of carbonyl (C=O) groups excluding carboxylic acids is 2. The van der Waals surface area contributed by atoms with Gasteiger partial charge in [-0.25, -0.2) is 14.4 Å². The van der Waals surface area contributed by atoms with Gasteiger partial charge in [-0.3, -0.25) is 15.3 Å². The van der Waals surface area contributed by atoms with Gasteiger partial charge in [0, 0.05) is 6.20 Å². The molecular formula is C17H23N3O9. The van der Waals surface area contributed by atoms with Crippen molar-refractivity contribution in [2.75, 3.05) is 18.7 Å². The lowest BCUT2D eigenvalue weighted by molar-refractivity contribution is -0.0809. The number of anilines is 1. The third-order valence-electron chi connectivity index (χ3n) is 4.93. The van der Waals surface area contributed by atoms with E-state index < -0.39 is 42.5 Å². The van der Waals surface area contributed by atoms with Gasteiger partial charge in [0.1, 0.15) is 12.7 Å². The number of carbonyl (C=O) groups is 2. The highest BCUT2D eigenvalue weighted by Gasteiger charge is 2.55. The van der Waals surface area contributed by atoms with E-state index >= 15 is 0 Å². The molecule has 0 unspecified atom stereocenters. The van der Waals surface area contributed by atoms with Crippen molar-refractivity contribution < 1.29 is 38.5 Å². The maximum absolute atomic E-state index is 12.2. The molecule has 29 heavy (non-hydrogen) atoms. The first-order chi connectivity index (χ1) is 14.0. The van der Waals surface area contributed by atoms with Crippen molar-refractivity contribution in [2.24, 2.45) is 5.92 Å². The Hall–Kier alpha value is -2.86. The molecule has 12 heteroatoms. The molecule has 0 radical (unpaired) electrons. The van der Waals surface area contributed by atoms with Gasteiger partial charge in [-0.1, -0.05) is 26.7 Å². The van der Waals surface area contributed by atoms with Crippen molar-refractivity contribution in [3.8, 4) is 0 Å². The molecule has 160 valence electrons. The van der Waals surface area contributed by atoms with Crippen LogP contribution in [0.25, 0.3) is 0 Å². The highest BCUT2D eigenvalue weighted by molar-refractivity contribution is 5.63. The Kier molecular flexibility index (Phi) is 6.54. The number of ether oxygens (including phenoxy) is 5. The summed E-state index contributed by atoms with van der Waals surface area (Å²) < 4.78 is 27.2. The molecule has 2 aliphatic rings. The average Bonchev–Trinajstić information content (AvgIpc) is 3.24. The molecule has 2 fully saturated rings. The molecule has 0 spiro atoms. The van der Waals surface area contributed by atoms with E-state index in [1.165, 1.54) is 12.3 Å². The zero-order valence-corrected chi connectivity index (χ0v) is 16.0. The van der Waals surface area contributed by atoms with Crippen LogP contribution >= 0.6 is 0 Å². The van der Waals surface area contributed by atoms with Crippen molar-refractivity contribution in [2.45, 2.75) is 51.2 Å². The second-order valence-electron chi connectivity index (χ2n) is 6.65. The van der Waals surface area contributed by atoms with Crippen LogP contribution in [0.3, 0.4) is 0 Å². The minimum absolute atomic E-state index is 0.0550. The van der Waals surface area contributed by atoms with E-state index in [9.17, 15) is 14.4 Å². The summed E-state index contributed by atoms with van der Waals surface area (Å²) in [6.45, 7) is 4.00. The maximum Gasteiger partial charge on any atom is 0.509 e. The van der Waals surface area contributed by atoms with Crippen LogP contribution in [0.5, 0.6) is 0 Å². The number of hydrogen-bond donors (Lipinski definition) is 2. The normalized spacial score (nSPS) is 25.3. The Balaban J connectivity index is 1.64. The minimum Gasteiger partial charge on any atom is -0.434 e. The van der Waals surface area contributed by atoms with Crippen LogP contribution in [0, 0.1) is 5.92 Å². The van der Waals surface area contributed by atoms with Gasteiger partial charge in [0.15, 0.2) is 24.3 Å². The Labute approximate surface area is 165 Å². The molecule has 4 atom stereocenters. The van der Waals surface area contributed by atoms with Gasteiger partial charge in [-0.05, 0) is 12.0 Å². The molecule has 3 heterocycles. The van der Waals surface area contributed by atoms with Crippen molar-refractivity contribution >= 4 is 18.1 Å². The van der Waals surface area contributed by atoms with Gasteiger partial charge in [-0.2, -0.15) is 4.98 Å². The molecule has 0 aliphatic carbocycles. The fourth-order valence-electron chi connectivity index (χ4n) is 3.15. The monoisotopic (exact) mass is 413 g/mol. The highest BCUT2D eigenvalue weighted by atomic mass is 16.8. The first-order valence-electron chi connectivity index (χ1n) is 9.28. The number of nitrogens with one attached hydrogen (secondary N) is 1. The van der Waals surface area contributed by atoms with Crippen LogP contribution < -0.4 is 11.2 Å². The summed E-state index contributed by atoms with van der Waals surface area (Å²) in [7, 11) is 0. The van der Waals surface area contributed by atoms with E-state index in [1.807, 2.05) is 13.8 Å². The third-order valence-corrected chi connectivity index (χ3v) is 4.93. The van der Waals surface area contributed by atoms with Crippen LogP contribution in [0.1, 0.15) is 32.9 Å². The molecule has 0 aromatic carbocycles. The van der Waals surface area contributed by atoms with Gasteiger partial charge >= 0.3 is 18.0 Å². The van der Waals surface area contributed by atoms with Gasteiger partial charge < -0.3 is 23.7 Å². The maximum atomic E-state index is 12.2. The standard InChI is InChI=1S/C17H23N3O9/c1-3-9(4-2)7-25-16(22)26-8-10-12-13(29-17(23)28-12)14(27-10)20-6-5-11(19-24)18-15(20)21/h5-6,9-10,12-14,24H,3-4,7-8H2,1-2H3,(H,18,19,21)/t10-,12-,13-,14-/m1/s1. The van der Waals surface area contributed by atoms with E-state index in [0.717, 1.165) is 17.4 Å². The van der Waals surface area contributed by atoms with E-state index in [1.54, 1.807) is 5.48 Å². The van der Waals surface area contributed by atoms with Gasteiger partial charge in [-0.15, -0.1) is 0 Å². The van der Waals surface area contributed by atoms with Crippen LogP contribution in [-0.4, -0.2) is 58.6 Å². The Bertz CT molecular complexity index is 795. The predicted molar refractivity (Wildman–Crippen MR) is 94.3 cm³/mol. The second kappa shape index (κ2) is 9.09. The van der Waals surface area contributed by atoms with Gasteiger partial charge in [0.25, 0.3) is 0 Å². The first kappa shape index (κ1) is 20.9. The Morgan fingerprint density at radius 2 is 2.00 bits per heavy atom. The van der Waals surface area contributed by atoms with Crippen LogP contribution in [0.15, 0.2) is 17.1 Å². The Morgan fingerprint density at radius 3 is 2.66 bits per heavy atom. The molecular weight excluding hydrogens is 390 g/mol. The number of nitrogens with zero attached hydrogens (tertiary/aromatic N) is 2. The first-order valence-corrected chi connectivity index (χ1v) is 9.28. The van der Waals surface area contributed by atoms with Crippen LogP contribution in [0.2, 0.25) is 0 Å². The summed E-state index contributed by atoms with van der Waals surface area (Å²) in [6, 6.07) is 1.33. The van der Waals surface area contributed by atoms with E-state index in [2.05, 4.69) is 4.98 Å². The lowest BCUT2D eigenvalue weighted by Crippen LogP contribution is -2.34. The smallest absolute Gasteiger partial charge is 0.434 e. The fourth-order valence-corrected chi connectivity index (χ4v) is 3.15.